The first-order valence-electron chi connectivity index (χ1n) is 11.0. The van der Waals surface area contributed by atoms with Crippen molar-refractivity contribution in [3.8, 4) is 11.3 Å². The van der Waals surface area contributed by atoms with E-state index in [0.29, 0.717) is 24.4 Å². The maximum Gasteiger partial charge on any atom is 0.239 e. The van der Waals surface area contributed by atoms with E-state index in [2.05, 4.69) is 20.1 Å². The first-order chi connectivity index (χ1) is 14.3. The summed E-state index contributed by atoms with van der Waals surface area (Å²) in [6.45, 7) is 4.01. The van der Waals surface area contributed by atoms with Gasteiger partial charge in [-0.1, -0.05) is 43.2 Å². The second-order valence-corrected chi connectivity index (χ2v) is 8.69. The number of oxazole rings is 1. The quantitative estimate of drug-likeness (QED) is 0.742. The van der Waals surface area contributed by atoms with E-state index in [1.165, 1.54) is 25.7 Å². The summed E-state index contributed by atoms with van der Waals surface area (Å²) in [5.74, 6) is 2.57. The molecule has 2 aliphatic heterocycles. The largest absolute Gasteiger partial charge is 0.439 e. The number of nitrogens with one attached hydrogen (secondary N) is 1. The highest BCUT2D eigenvalue weighted by Crippen LogP contribution is 2.33. The van der Waals surface area contributed by atoms with Crippen LogP contribution in [-0.4, -0.2) is 59.0 Å². The molecule has 1 saturated carbocycles. The van der Waals surface area contributed by atoms with Gasteiger partial charge in [-0.15, -0.1) is 24.8 Å². The smallest absolute Gasteiger partial charge is 0.239 e. The van der Waals surface area contributed by atoms with Crippen LogP contribution in [0.15, 0.2) is 40.9 Å². The van der Waals surface area contributed by atoms with Gasteiger partial charge in [-0.2, -0.15) is 0 Å². The number of benzene rings is 1. The van der Waals surface area contributed by atoms with E-state index in [4.69, 9.17) is 4.42 Å². The van der Waals surface area contributed by atoms with Crippen molar-refractivity contribution in [1.29, 1.82) is 0 Å². The molecule has 3 aliphatic rings. The number of nitrogens with zero attached hydrogens (tertiary/aromatic N) is 3. The summed E-state index contributed by atoms with van der Waals surface area (Å²) in [4.78, 5) is 21.8. The lowest BCUT2D eigenvalue weighted by molar-refractivity contribution is -0.135. The summed E-state index contributed by atoms with van der Waals surface area (Å²) in [6.07, 6.45) is 7.99. The zero-order chi connectivity index (χ0) is 19.6. The Morgan fingerprint density at radius 3 is 2.55 bits per heavy atom. The third-order valence-electron chi connectivity index (χ3n) is 6.82. The van der Waals surface area contributed by atoms with Gasteiger partial charge in [0.2, 0.25) is 11.8 Å². The van der Waals surface area contributed by atoms with E-state index in [-0.39, 0.29) is 30.9 Å². The molecule has 0 spiro atoms. The Labute approximate surface area is 196 Å². The third kappa shape index (κ3) is 5.43. The molecular weight excluding hydrogens is 435 g/mol. The van der Waals surface area contributed by atoms with Crippen molar-refractivity contribution in [2.45, 2.75) is 50.7 Å². The number of rotatable bonds is 4. The molecule has 1 aromatic carbocycles. The van der Waals surface area contributed by atoms with Crippen molar-refractivity contribution in [2.75, 3.05) is 26.2 Å². The van der Waals surface area contributed by atoms with Crippen molar-refractivity contribution in [1.82, 2.24) is 20.1 Å². The van der Waals surface area contributed by atoms with E-state index in [1.807, 2.05) is 30.3 Å². The van der Waals surface area contributed by atoms with Crippen molar-refractivity contribution >= 4 is 30.7 Å². The minimum Gasteiger partial charge on any atom is -0.439 e. The fraction of sp³-hybridized carbons (Fsp3) is 0.565. The predicted molar refractivity (Wildman–Crippen MR) is 126 cm³/mol. The minimum atomic E-state index is 0. The number of hydrogen-bond acceptors (Lipinski definition) is 5. The van der Waals surface area contributed by atoms with Crippen LogP contribution in [0.1, 0.15) is 38.0 Å². The van der Waals surface area contributed by atoms with Crippen LogP contribution >= 0.6 is 24.8 Å². The van der Waals surface area contributed by atoms with Gasteiger partial charge in [-0.25, -0.2) is 4.98 Å². The molecule has 3 fully saturated rings. The van der Waals surface area contributed by atoms with Gasteiger partial charge < -0.3 is 14.6 Å². The lowest BCUT2D eigenvalue weighted by Crippen LogP contribution is -2.53. The van der Waals surface area contributed by atoms with E-state index in [0.717, 1.165) is 49.8 Å². The number of hydrogen-bond donors (Lipinski definition) is 1. The second-order valence-electron chi connectivity index (χ2n) is 8.69. The molecule has 5 rings (SSSR count). The molecule has 3 atom stereocenters. The fourth-order valence-corrected chi connectivity index (χ4v) is 5.17. The van der Waals surface area contributed by atoms with Gasteiger partial charge in [0.15, 0.2) is 5.76 Å². The van der Waals surface area contributed by atoms with Crippen molar-refractivity contribution in [3.63, 3.8) is 0 Å². The summed E-state index contributed by atoms with van der Waals surface area (Å²) >= 11 is 0. The van der Waals surface area contributed by atoms with Crippen LogP contribution in [0.3, 0.4) is 0 Å². The van der Waals surface area contributed by atoms with Gasteiger partial charge in [0.1, 0.15) is 0 Å². The Kier molecular flexibility index (Phi) is 8.39. The number of carbonyl (C=O) groups is 1. The van der Waals surface area contributed by atoms with Crippen LogP contribution in [0, 0.1) is 5.92 Å². The molecule has 31 heavy (non-hydrogen) atoms. The average Bonchev–Trinajstić information content (AvgIpc) is 3.41. The number of piperazine rings is 1. The van der Waals surface area contributed by atoms with Gasteiger partial charge in [0.25, 0.3) is 0 Å². The Hall–Kier alpha value is -1.60. The van der Waals surface area contributed by atoms with Gasteiger partial charge in [0.05, 0.1) is 18.8 Å². The molecule has 0 bridgehead atoms. The van der Waals surface area contributed by atoms with Crippen molar-refractivity contribution < 1.29 is 9.21 Å². The van der Waals surface area contributed by atoms with Crippen molar-refractivity contribution in [3.05, 3.63) is 42.4 Å². The molecule has 0 radical (unpaired) electrons. The third-order valence-corrected chi connectivity index (χ3v) is 6.82. The highest BCUT2D eigenvalue weighted by atomic mass is 35.5. The fourth-order valence-electron chi connectivity index (χ4n) is 5.17. The number of halogens is 2. The summed E-state index contributed by atoms with van der Waals surface area (Å²) in [6, 6.07) is 10.7. The summed E-state index contributed by atoms with van der Waals surface area (Å²) in [5.41, 5.74) is 1.05. The molecule has 1 amide bonds. The highest BCUT2D eigenvalue weighted by Gasteiger charge is 2.40. The monoisotopic (exact) mass is 466 g/mol. The number of fused-ring (bicyclic) bond motifs is 1. The van der Waals surface area contributed by atoms with Gasteiger partial charge >= 0.3 is 0 Å². The molecule has 1 aliphatic carbocycles. The molecule has 6 nitrogen and oxygen atoms in total. The summed E-state index contributed by atoms with van der Waals surface area (Å²) in [7, 11) is 0. The van der Waals surface area contributed by atoms with Crippen LogP contribution < -0.4 is 5.32 Å². The first-order valence-corrected chi connectivity index (χ1v) is 11.0. The number of aromatic nitrogens is 1. The molecule has 1 N–H and O–H groups in total. The number of carbonyl (C=O) groups excluding carboxylic acids is 1. The Morgan fingerprint density at radius 1 is 1.06 bits per heavy atom. The maximum absolute atomic E-state index is 13.0. The summed E-state index contributed by atoms with van der Waals surface area (Å²) in [5, 5.41) is 3.63. The Balaban J connectivity index is 0.00000136. The number of amides is 1. The molecule has 1 aromatic heterocycles. The lowest BCUT2D eigenvalue weighted by atomic mass is 9.85. The van der Waals surface area contributed by atoms with E-state index >= 15 is 0 Å². The standard InChI is InChI=1S/C23H30N4O2.2ClH/c28-23(20-14-18-8-4-5-9-19(18)25-20)27-12-10-26(11-13-27)16-22-24-15-21(29-22)17-6-2-1-3-7-17;;/h1-3,6-7,15,18-20,25H,4-5,8-14,16H2;2*1H. The van der Waals surface area contributed by atoms with Gasteiger partial charge in [0, 0.05) is 37.8 Å². The van der Waals surface area contributed by atoms with Crippen LogP contribution in [0.25, 0.3) is 11.3 Å². The van der Waals surface area contributed by atoms with Crippen molar-refractivity contribution in [2.24, 2.45) is 5.92 Å². The Morgan fingerprint density at radius 2 is 1.81 bits per heavy atom. The SMILES string of the molecule is Cl.Cl.O=C(C1CC2CCCCC2N1)N1CCN(Cc2ncc(-c3ccccc3)o2)CC1. The Bertz CT molecular complexity index is 825. The highest BCUT2D eigenvalue weighted by molar-refractivity contribution is 5.85. The second kappa shape index (κ2) is 10.8. The zero-order valence-electron chi connectivity index (χ0n) is 17.7. The molecular formula is C23H32Cl2N4O2. The van der Waals surface area contributed by atoms with Crippen LogP contribution in [0.5, 0.6) is 0 Å². The minimum absolute atomic E-state index is 0. The zero-order valence-corrected chi connectivity index (χ0v) is 19.4. The first kappa shape index (κ1) is 24.1. The molecule has 3 unspecified atom stereocenters. The normalized spacial score (nSPS) is 25.9. The molecule has 2 saturated heterocycles. The topological polar surface area (TPSA) is 61.6 Å². The van der Waals surface area contributed by atoms with E-state index in [9.17, 15) is 4.79 Å². The predicted octanol–water partition coefficient (Wildman–Crippen LogP) is 3.75. The molecule has 8 heteroatoms. The van der Waals surface area contributed by atoms with Crippen LogP contribution in [0.2, 0.25) is 0 Å². The average molecular weight is 467 g/mol. The van der Waals surface area contributed by atoms with E-state index in [1.54, 1.807) is 6.20 Å². The van der Waals surface area contributed by atoms with E-state index < -0.39 is 0 Å². The summed E-state index contributed by atoms with van der Waals surface area (Å²) < 4.78 is 5.94. The van der Waals surface area contributed by atoms with Crippen LogP contribution in [0.4, 0.5) is 0 Å². The maximum atomic E-state index is 13.0. The van der Waals surface area contributed by atoms with Gasteiger partial charge in [-0.3, -0.25) is 9.69 Å². The van der Waals surface area contributed by atoms with Gasteiger partial charge in [-0.05, 0) is 25.2 Å². The van der Waals surface area contributed by atoms with Crippen LogP contribution in [-0.2, 0) is 11.3 Å². The lowest BCUT2D eigenvalue weighted by Gasteiger charge is -2.35. The molecule has 3 heterocycles. The molecule has 2 aromatic rings. The molecule has 170 valence electrons.